The Kier molecular flexibility index (Phi) is 7.26. The van der Waals surface area contributed by atoms with Crippen LogP contribution in [-0.2, 0) is 21.2 Å². The third-order valence-corrected chi connectivity index (χ3v) is 8.26. The summed E-state index contributed by atoms with van der Waals surface area (Å²) in [5.41, 5.74) is 0. The Balaban J connectivity index is 1.50. The number of hydrogen-bond acceptors (Lipinski definition) is 5. The number of rotatable bonds is 8. The first-order chi connectivity index (χ1) is 13.9. The fraction of sp³-hybridized carbons (Fsp3) is 0.450. The molecule has 0 radical (unpaired) electrons. The van der Waals surface area contributed by atoms with E-state index in [1.54, 1.807) is 24.1 Å². The lowest BCUT2D eigenvalue weighted by molar-refractivity contribution is -0.129. The van der Waals surface area contributed by atoms with Crippen LogP contribution in [0.15, 0.2) is 40.6 Å². The standard InChI is InChI=1S/C20H25FN2O4S2/c1-22(13-14-27-17-7-5-16(21)6-8-17)19(24)15-18-9-10-20(28-18)29(25,26)23-11-3-2-4-12-23/h5-10H,2-4,11-15H2,1H3. The minimum atomic E-state index is -3.46. The van der Waals surface area contributed by atoms with Crippen molar-refractivity contribution in [3.8, 4) is 5.75 Å². The maximum absolute atomic E-state index is 12.9. The van der Waals surface area contributed by atoms with Crippen LogP contribution in [0.25, 0.3) is 0 Å². The first kappa shape index (κ1) is 21.7. The maximum Gasteiger partial charge on any atom is 0.252 e. The Bertz CT molecular complexity index is 922. The van der Waals surface area contributed by atoms with Gasteiger partial charge in [0.05, 0.1) is 13.0 Å². The molecular formula is C20H25FN2O4S2. The molecule has 1 amide bonds. The number of carbonyl (C=O) groups is 1. The van der Waals surface area contributed by atoms with E-state index >= 15 is 0 Å². The lowest BCUT2D eigenvalue weighted by atomic mass is 10.2. The van der Waals surface area contributed by atoms with E-state index in [-0.39, 0.29) is 24.8 Å². The predicted octanol–water partition coefficient (Wildman–Crippen LogP) is 3.14. The highest BCUT2D eigenvalue weighted by atomic mass is 32.2. The molecule has 0 unspecified atom stereocenters. The molecule has 1 saturated heterocycles. The Labute approximate surface area is 174 Å². The Morgan fingerprint density at radius 2 is 1.83 bits per heavy atom. The van der Waals surface area contributed by atoms with Crippen molar-refractivity contribution in [2.24, 2.45) is 0 Å². The zero-order valence-electron chi connectivity index (χ0n) is 16.3. The summed E-state index contributed by atoms with van der Waals surface area (Å²) < 4.78 is 45.7. The smallest absolute Gasteiger partial charge is 0.252 e. The number of hydrogen-bond donors (Lipinski definition) is 0. The molecule has 158 valence electrons. The number of carbonyl (C=O) groups excluding carboxylic acids is 1. The molecule has 1 aromatic heterocycles. The molecule has 3 rings (SSSR count). The van der Waals surface area contributed by atoms with E-state index in [0.717, 1.165) is 35.5 Å². The predicted molar refractivity (Wildman–Crippen MR) is 110 cm³/mol. The van der Waals surface area contributed by atoms with Crippen LogP contribution in [0.1, 0.15) is 24.1 Å². The molecule has 29 heavy (non-hydrogen) atoms. The van der Waals surface area contributed by atoms with E-state index in [1.807, 2.05) is 0 Å². The van der Waals surface area contributed by atoms with Crippen molar-refractivity contribution < 1.29 is 22.3 Å². The highest BCUT2D eigenvalue weighted by Crippen LogP contribution is 2.27. The van der Waals surface area contributed by atoms with Gasteiger partial charge in [-0.15, -0.1) is 11.3 Å². The largest absolute Gasteiger partial charge is 0.492 e. The molecule has 1 aliphatic rings. The summed E-state index contributed by atoms with van der Waals surface area (Å²) in [7, 11) is -1.79. The number of likely N-dealkylation sites (N-methyl/N-ethyl adjacent to an activating group) is 1. The average Bonchev–Trinajstić information content (AvgIpc) is 3.19. The van der Waals surface area contributed by atoms with Crippen LogP contribution in [0, 0.1) is 5.82 Å². The lowest BCUT2D eigenvalue weighted by Crippen LogP contribution is -2.35. The first-order valence-corrected chi connectivity index (χ1v) is 11.8. The molecule has 0 aliphatic carbocycles. The number of benzene rings is 1. The lowest BCUT2D eigenvalue weighted by Gasteiger charge is -2.25. The van der Waals surface area contributed by atoms with Gasteiger partial charge in [-0.25, -0.2) is 12.8 Å². The normalized spacial score (nSPS) is 15.2. The molecule has 2 aromatic rings. The zero-order chi connectivity index (χ0) is 20.9. The summed E-state index contributed by atoms with van der Waals surface area (Å²) in [5.74, 6) is 0.0943. The van der Waals surface area contributed by atoms with Gasteiger partial charge in [0.25, 0.3) is 10.0 Å². The van der Waals surface area contributed by atoms with Crippen molar-refractivity contribution in [2.45, 2.75) is 29.9 Å². The average molecular weight is 441 g/mol. The van der Waals surface area contributed by atoms with Gasteiger partial charge < -0.3 is 9.64 Å². The van der Waals surface area contributed by atoms with E-state index in [0.29, 0.717) is 29.6 Å². The number of ether oxygens (including phenoxy) is 1. The molecule has 1 fully saturated rings. The van der Waals surface area contributed by atoms with Crippen LogP contribution in [0.2, 0.25) is 0 Å². The molecule has 6 nitrogen and oxygen atoms in total. The van der Waals surface area contributed by atoms with E-state index in [2.05, 4.69) is 0 Å². The molecule has 0 saturated carbocycles. The molecule has 2 heterocycles. The third-order valence-electron chi connectivity index (χ3n) is 4.81. The van der Waals surface area contributed by atoms with Crippen LogP contribution in [0.4, 0.5) is 4.39 Å². The molecule has 0 bridgehead atoms. The fourth-order valence-electron chi connectivity index (χ4n) is 3.06. The first-order valence-electron chi connectivity index (χ1n) is 9.57. The minimum absolute atomic E-state index is 0.114. The van der Waals surface area contributed by atoms with Crippen LogP contribution < -0.4 is 4.74 Å². The number of halogens is 1. The van der Waals surface area contributed by atoms with Crippen LogP contribution in [0.5, 0.6) is 5.75 Å². The second-order valence-corrected chi connectivity index (χ2v) is 10.3. The SMILES string of the molecule is CN(CCOc1ccc(F)cc1)C(=O)Cc1ccc(S(=O)(=O)N2CCCCC2)s1. The third kappa shape index (κ3) is 5.77. The highest BCUT2D eigenvalue weighted by molar-refractivity contribution is 7.91. The van der Waals surface area contributed by atoms with Gasteiger partial charge in [0.1, 0.15) is 22.4 Å². The van der Waals surface area contributed by atoms with Crippen molar-refractivity contribution in [2.75, 3.05) is 33.3 Å². The van der Waals surface area contributed by atoms with Crippen LogP contribution in [-0.4, -0.2) is 56.8 Å². The Morgan fingerprint density at radius 3 is 2.52 bits per heavy atom. The molecule has 9 heteroatoms. The monoisotopic (exact) mass is 440 g/mol. The second kappa shape index (κ2) is 9.69. The van der Waals surface area contributed by atoms with Crippen LogP contribution >= 0.6 is 11.3 Å². The van der Waals surface area contributed by atoms with Gasteiger partial charge in [-0.05, 0) is 49.2 Å². The van der Waals surface area contributed by atoms with Gasteiger partial charge in [-0.1, -0.05) is 6.42 Å². The van der Waals surface area contributed by atoms with Crippen molar-refractivity contribution in [3.63, 3.8) is 0 Å². The second-order valence-electron chi connectivity index (χ2n) is 6.98. The van der Waals surface area contributed by atoms with Crippen molar-refractivity contribution in [1.82, 2.24) is 9.21 Å². The molecule has 0 atom stereocenters. The molecule has 0 spiro atoms. The Hall–Kier alpha value is -1.97. The van der Waals surface area contributed by atoms with Gasteiger partial charge in [0, 0.05) is 25.0 Å². The van der Waals surface area contributed by atoms with Gasteiger partial charge in [-0.3, -0.25) is 4.79 Å². The summed E-state index contributed by atoms with van der Waals surface area (Å²) in [6, 6.07) is 9.00. The van der Waals surface area contributed by atoms with E-state index < -0.39 is 10.0 Å². The fourth-order valence-corrected chi connectivity index (χ4v) is 6.08. The van der Waals surface area contributed by atoms with Crippen molar-refractivity contribution in [1.29, 1.82) is 0 Å². The maximum atomic E-state index is 12.9. The van der Waals surface area contributed by atoms with Gasteiger partial charge in [0.15, 0.2) is 0 Å². The molecular weight excluding hydrogens is 415 g/mol. The summed E-state index contributed by atoms with van der Waals surface area (Å²) in [6.45, 7) is 1.78. The number of thiophene rings is 1. The van der Waals surface area contributed by atoms with Gasteiger partial charge >= 0.3 is 0 Å². The van der Waals surface area contributed by atoms with E-state index in [9.17, 15) is 17.6 Å². The summed E-state index contributed by atoms with van der Waals surface area (Å²) in [6.07, 6.45) is 2.99. The topological polar surface area (TPSA) is 66.9 Å². The van der Waals surface area contributed by atoms with Crippen molar-refractivity contribution >= 4 is 27.3 Å². The zero-order valence-corrected chi connectivity index (χ0v) is 18.0. The number of nitrogens with zero attached hydrogens (tertiary/aromatic N) is 2. The summed E-state index contributed by atoms with van der Waals surface area (Å²) in [5, 5.41) is 0. The molecule has 1 aliphatic heterocycles. The molecule has 1 aromatic carbocycles. The number of sulfonamides is 1. The van der Waals surface area contributed by atoms with E-state index in [4.69, 9.17) is 4.74 Å². The highest BCUT2D eigenvalue weighted by Gasteiger charge is 2.27. The van der Waals surface area contributed by atoms with Crippen LogP contribution in [0.3, 0.4) is 0 Å². The quantitative estimate of drug-likeness (QED) is 0.633. The summed E-state index contributed by atoms with van der Waals surface area (Å²) in [4.78, 5) is 14.7. The minimum Gasteiger partial charge on any atom is -0.492 e. The summed E-state index contributed by atoms with van der Waals surface area (Å²) >= 11 is 1.16. The van der Waals surface area contributed by atoms with Gasteiger partial charge in [0.2, 0.25) is 5.91 Å². The van der Waals surface area contributed by atoms with Crippen molar-refractivity contribution in [3.05, 3.63) is 47.1 Å². The molecule has 0 N–H and O–H groups in total. The van der Waals surface area contributed by atoms with E-state index in [1.165, 1.54) is 28.6 Å². The Morgan fingerprint density at radius 1 is 1.14 bits per heavy atom. The number of amides is 1. The van der Waals surface area contributed by atoms with Gasteiger partial charge in [-0.2, -0.15) is 4.31 Å². The number of piperidine rings is 1.